The second kappa shape index (κ2) is 8.36. The van der Waals surface area contributed by atoms with Gasteiger partial charge in [-0.05, 0) is 29.8 Å². The van der Waals surface area contributed by atoms with Crippen LogP contribution in [0.1, 0.15) is 32.0 Å². The molecule has 1 aromatic heterocycles. The first kappa shape index (κ1) is 21.0. The van der Waals surface area contributed by atoms with Gasteiger partial charge in [-0.1, -0.05) is 45.0 Å². The molecule has 2 aromatic carbocycles. The normalized spacial score (nSPS) is 11.2. The highest BCUT2D eigenvalue weighted by atomic mass is 19.1. The first-order valence-electron chi connectivity index (χ1n) is 9.44. The molecule has 3 aromatic rings. The van der Waals surface area contributed by atoms with E-state index < -0.39 is 17.8 Å². The van der Waals surface area contributed by atoms with Gasteiger partial charge in [0.1, 0.15) is 11.6 Å². The first-order chi connectivity index (χ1) is 14.1. The van der Waals surface area contributed by atoms with Gasteiger partial charge >= 0.3 is 6.03 Å². The summed E-state index contributed by atoms with van der Waals surface area (Å²) in [6.07, 6.45) is 0.0950. The van der Waals surface area contributed by atoms with Crippen LogP contribution >= 0.6 is 0 Å². The summed E-state index contributed by atoms with van der Waals surface area (Å²) in [7, 11) is 0. The molecule has 0 saturated carbocycles. The number of hydrogen-bond acceptors (Lipinski definition) is 3. The Labute approximate surface area is 174 Å². The molecule has 3 rings (SSSR count). The number of nitrogens with two attached hydrogens (primary N) is 1. The summed E-state index contributed by atoms with van der Waals surface area (Å²) >= 11 is 0. The second-order valence-electron chi connectivity index (χ2n) is 7.95. The molecule has 0 spiro atoms. The van der Waals surface area contributed by atoms with E-state index in [0.29, 0.717) is 11.5 Å². The van der Waals surface area contributed by atoms with Crippen molar-refractivity contribution in [2.24, 2.45) is 5.73 Å². The number of benzene rings is 2. The third-order valence-electron chi connectivity index (χ3n) is 4.37. The van der Waals surface area contributed by atoms with Crippen LogP contribution in [0, 0.1) is 5.82 Å². The van der Waals surface area contributed by atoms with Crippen molar-refractivity contribution in [3.8, 4) is 5.69 Å². The average Bonchev–Trinajstić information content (AvgIpc) is 3.07. The highest BCUT2D eigenvalue weighted by Gasteiger charge is 2.22. The Kier molecular flexibility index (Phi) is 5.86. The van der Waals surface area contributed by atoms with Gasteiger partial charge in [0.05, 0.1) is 23.5 Å². The number of anilines is 2. The Balaban J connectivity index is 1.94. The van der Waals surface area contributed by atoms with E-state index in [-0.39, 0.29) is 17.5 Å². The molecule has 0 fully saturated rings. The molecule has 0 bridgehead atoms. The van der Waals surface area contributed by atoms with Crippen LogP contribution in [0.2, 0.25) is 0 Å². The van der Waals surface area contributed by atoms with Gasteiger partial charge in [0, 0.05) is 11.5 Å². The van der Waals surface area contributed by atoms with Crippen molar-refractivity contribution in [3.05, 3.63) is 71.7 Å². The minimum Gasteiger partial charge on any atom is -0.369 e. The third-order valence-corrected chi connectivity index (χ3v) is 4.37. The smallest absolute Gasteiger partial charge is 0.324 e. The lowest BCUT2D eigenvalue weighted by Gasteiger charge is -2.14. The van der Waals surface area contributed by atoms with Crippen LogP contribution in [0.25, 0.3) is 5.69 Å². The van der Waals surface area contributed by atoms with E-state index in [2.05, 4.69) is 15.7 Å². The van der Waals surface area contributed by atoms with E-state index in [4.69, 9.17) is 5.73 Å². The van der Waals surface area contributed by atoms with Gasteiger partial charge < -0.3 is 11.1 Å². The number of urea groups is 1. The predicted octanol–water partition coefficient (Wildman–Crippen LogP) is 3.98. The van der Waals surface area contributed by atoms with Crippen molar-refractivity contribution in [2.45, 2.75) is 32.6 Å². The van der Waals surface area contributed by atoms with Gasteiger partial charge in [0.15, 0.2) is 0 Å². The van der Waals surface area contributed by atoms with Gasteiger partial charge in [0.2, 0.25) is 5.91 Å². The van der Waals surface area contributed by atoms with E-state index in [1.165, 1.54) is 12.1 Å². The molecule has 0 saturated heterocycles. The number of para-hydroxylation sites is 1. The average molecular weight is 409 g/mol. The molecule has 1 heterocycles. The number of halogens is 1. The highest BCUT2D eigenvalue weighted by Crippen LogP contribution is 2.27. The summed E-state index contributed by atoms with van der Waals surface area (Å²) in [5.41, 5.74) is 7.24. The first-order valence-corrected chi connectivity index (χ1v) is 9.44. The van der Waals surface area contributed by atoms with Crippen LogP contribution in [0.4, 0.5) is 20.7 Å². The summed E-state index contributed by atoms with van der Waals surface area (Å²) in [6, 6.07) is 14.2. The van der Waals surface area contributed by atoms with Crippen molar-refractivity contribution in [3.63, 3.8) is 0 Å². The quantitative estimate of drug-likeness (QED) is 0.594. The van der Waals surface area contributed by atoms with Gasteiger partial charge in [-0.15, -0.1) is 0 Å². The highest BCUT2D eigenvalue weighted by molar-refractivity contribution is 5.99. The molecule has 0 atom stereocenters. The number of nitrogens with one attached hydrogen (secondary N) is 2. The maximum absolute atomic E-state index is 13.8. The number of primary amides is 1. The van der Waals surface area contributed by atoms with Gasteiger partial charge in [-0.3, -0.25) is 10.1 Å². The molecule has 8 heteroatoms. The van der Waals surface area contributed by atoms with Crippen LogP contribution in [0.3, 0.4) is 0 Å². The fraction of sp³-hybridized carbons (Fsp3) is 0.227. The number of rotatable bonds is 5. The van der Waals surface area contributed by atoms with Crippen molar-refractivity contribution in [1.29, 1.82) is 0 Å². The van der Waals surface area contributed by atoms with Crippen LogP contribution in [-0.2, 0) is 16.6 Å². The number of nitrogens with zero attached hydrogens (tertiary/aromatic N) is 2. The van der Waals surface area contributed by atoms with E-state index >= 15 is 0 Å². The standard InChI is InChI=1S/C22H24FN5O2/c1-22(2,3)18-13-20(26-21(30)25-17-10-5-4-9-16(17)23)28(27-18)15-8-6-7-14(11-15)12-19(24)29/h4-11,13H,12H2,1-3H3,(H2,24,29)(H2,25,26,30). The molecule has 4 N–H and O–H groups in total. The van der Waals surface area contributed by atoms with E-state index in [1.807, 2.05) is 26.8 Å². The Morgan fingerprint density at radius 2 is 1.80 bits per heavy atom. The molecule has 0 aliphatic carbocycles. The van der Waals surface area contributed by atoms with Gasteiger partial charge in [-0.25, -0.2) is 13.9 Å². The number of aromatic nitrogens is 2. The lowest BCUT2D eigenvalue weighted by atomic mass is 9.92. The number of amides is 3. The summed E-state index contributed by atoms with van der Waals surface area (Å²) < 4.78 is 15.4. The summed E-state index contributed by atoms with van der Waals surface area (Å²) in [4.78, 5) is 23.8. The number of hydrogen-bond donors (Lipinski definition) is 3. The zero-order chi connectivity index (χ0) is 21.9. The topological polar surface area (TPSA) is 102 Å². The van der Waals surface area contributed by atoms with Gasteiger partial charge in [0.25, 0.3) is 0 Å². The Morgan fingerprint density at radius 3 is 2.47 bits per heavy atom. The van der Waals surface area contributed by atoms with Crippen LogP contribution in [0.5, 0.6) is 0 Å². The molecule has 0 aliphatic heterocycles. The van der Waals surface area contributed by atoms with Crippen LogP contribution < -0.4 is 16.4 Å². The van der Waals surface area contributed by atoms with E-state index in [0.717, 1.165) is 11.3 Å². The Hall–Kier alpha value is -3.68. The Bertz CT molecular complexity index is 1090. The fourth-order valence-corrected chi connectivity index (χ4v) is 2.87. The van der Waals surface area contributed by atoms with E-state index in [1.54, 1.807) is 41.1 Å². The van der Waals surface area contributed by atoms with Crippen LogP contribution in [0.15, 0.2) is 54.6 Å². The molecule has 0 aliphatic rings. The maximum Gasteiger partial charge on any atom is 0.324 e. The third kappa shape index (κ3) is 5.02. The monoisotopic (exact) mass is 409 g/mol. The lowest BCUT2D eigenvalue weighted by Crippen LogP contribution is -2.22. The largest absolute Gasteiger partial charge is 0.369 e. The summed E-state index contributed by atoms with van der Waals surface area (Å²) in [6.45, 7) is 6.02. The van der Waals surface area contributed by atoms with Crippen molar-refractivity contribution >= 4 is 23.4 Å². The predicted molar refractivity (Wildman–Crippen MR) is 114 cm³/mol. The summed E-state index contributed by atoms with van der Waals surface area (Å²) in [5, 5.41) is 9.86. The van der Waals surface area contributed by atoms with Crippen molar-refractivity contribution in [1.82, 2.24) is 9.78 Å². The van der Waals surface area contributed by atoms with Gasteiger partial charge in [-0.2, -0.15) is 5.10 Å². The minimum atomic E-state index is -0.602. The Morgan fingerprint density at radius 1 is 1.07 bits per heavy atom. The van der Waals surface area contributed by atoms with Crippen molar-refractivity contribution in [2.75, 3.05) is 10.6 Å². The SMILES string of the molecule is CC(C)(C)c1cc(NC(=O)Nc2ccccc2F)n(-c2cccc(CC(N)=O)c2)n1. The molecule has 3 amide bonds. The molecular weight excluding hydrogens is 385 g/mol. The molecule has 156 valence electrons. The van der Waals surface area contributed by atoms with Crippen molar-refractivity contribution < 1.29 is 14.0 Å². The molecule has 0 unspecified atom stereocenters. The zero-order valence-electron chi connectivity index (χ0n) is 17.1. The lowest BCUT2D eigenvalue weighted by molar-refractivity contribution is -0.117. The number of carbonyl (C=O) groups excluding carboxylic acids is 2. The molecule has 30 heavy (non-hydrogen) atoms. The zero-order valence-corrected chi connectivity index (χ0v) is 17.1. The maximum atomic E-state index is 13.8. The van der Waals surface area contributed by atoms with Crippen LogP contribution in [-0.4, -0.2) is 21.7 Å². The van der Waals surface area contributed by atoms with E-state index in [9.17, 15) is 14.0 Å². The fourth-order valence-electron chi connectivity index (χ4n) is 2.87. The second-order valence-corrected chi connectivity index (χ2v) is 7.95. The summed E-state index contributed by atoms with van der Waals surface area (Å²) in [5.74, 6) is -0.564. The molecule has 7 nitrogen and oxygen atoms in total. The minimum absolute atomic E-state index is 0.0700. The molecular formula is C22H24FN5O2. The number of carbonyl (C=O) groups is 2. The molecule has 0 radical (unpaired) electrons.